The monoisotopic (exact) mass is 260 g/mol. The molecule has 0 radical (unpaired) electrons. The lowest BCUT2D eigenvalue weighted by Gasteiger charge is -2.28. The lowest BCUT2D eigenvalue weighted by atomic mass is 9.86. The molecule has 0 fully saturated rings. The molecular formula is C16H24N2O. The van der Waals surface area contributed by atoms with E-state index in [-0.39, 0.29) is 5.91 Å². The summed E-state index contributed by atoms with van der Waals surface area (Å²) < 4.78 is 0. The first-order valence-corrected chi connectivity index (χ1v) is 6.98. The molecule has 0 saturated heterocycles. The number of rotatable bonds is 4. The summed E-state index contributed by atoms with van der Waals surface area (Å²) in [5, 5.41) is 3.31. The minimum absolute atomic E-state index is 0.203. The molecule has 1 aromatic carbocycles. The SMILES string of the molecule is CNC(CN1C(=O)C(C)(C)c2ccccc21)C(C)C. The van der Waals surface area contributed by atoms with Crippen molar-refractivity contribution in [1.82, 2.24) is 5.32 Å². The van der Waals surface area contributed by atoms with Crippen LogP contribution in [-0.2, 0) is 10.2 Å². The zero-order valence-corrected chi connectivity index (χ0v) is 12.5. The van der Waals surface area contributed by atoms with E-state index in [0.717, 1.165) is 17.8 Å². The van der Waals surface area contributed by atoms with Crippen LogP contribution in [0.5, 0.6) is 0 Å². The van der Waals surface area contributed by atoms with E-state index in [9.17, 15) is 4.79 Å². The summed E-state index contributed by atoms with van der Waals surface area (Å²) >= 11 is 0. The largest absolute Gasteiger partial charge is 0.315 e. The number of nitrogens with zero attached hydrogens (tertiary/aromatic N) is 1. The topological polar surface area (TPSA) is 32.3 Å². The smallest absolute Gasteiger partial charge is 0.237 e. The Kier molecular flexibility index (Phi) is 3.68. The van der Waals surface area contributed by atoms with Crippen LogP contribution in [-0.4, -0.2) is 25.5 Å². The van der Waals surface area contributed by atoms with Crippen molar-refractivity contribution in [3.05, 3.63) is 29.8 Å². The van der Waals surface area contributed by atoms with E-state index in [2.05, 4.69) is 31.3 Å². The Morgan fingerprint density at radius 2 is 1.89 bits per heavy atom. The molecule has 104 valence electrons. The number of anilines is 1. The second-order valence-electron chi connectivity index (χ2n) is 6.20. The Bertz CT molecular complexity index is 479. The number of nitrogens with one attached hydrogen (secondary N) is 1. The molecule has 0 bridgehead atoms. The van der Waals surface area contributed by atoms with Gasteiger partial charge in [-0.3, -0.25) is 4.79 Å². The van der Waals surface area contributed by atoms with E-state index >= 15 is 0 Å². The first kappa shape index (κ1) is 14.1. The van der Waals surface area contributed by atoms with Crippen molar-refractivity contribution in [1.29, 1.82) is 0 Å². The average molecular weight is 260 g/mol. The lowest BCUT2D eigenvalue weighted by Crippen LogP contribution is -2.46. The number of likely N-dealkylation sites (N-methyl/N-ethyl adjacent to an activating group) is 1. The van der Waals surface area contributed by atoms with Gasteiger partial charge in [-0.25, -0.2) is 0 Å². The van der Waals surface area contributed by atoms with Crippen molar-refractivity contribution in [2.24, 2.45) is 5.92 Å². The summed E-state index contributed by atoms with van der Waals surface area (Å²) in [6.45, 7) is 9.11. The van der Waals surface area contributed by atoms with Gasteiger partial charge in [0.15, 0.2) is 0 Å². The third kappa shape index (κ3) is 2.27. The maximum Gasteiger partial charge on any atom is 0.237 e. The highest BCUT2D eigenvalue weighted by Crippen LogP contribution is 2.41. The number of carbonyl (C=O) groups excluding carboxylic acids is 1. The molecule has 1 atom stereocenters. The van der Waals surface area contributed by atoms with Gasteiger partial charge in [0.05, 0.1) is 5.41 Å². The van der Waals surface area contributed by atoms with Crippen molar-refractivity contribution in [3.63, 3.8) is 0 Å². The molecule has 0 spiro atoms. The molecule has 1 aliphatic rings. The molecule has 1 heterocycles. The maximum absolute atomic E-state index is 12.7. The average Bonchev–Trinajstić information content (AvgIpc) is 2.56. The van der Waals surface area contributed by atoms with E-state index in [0.29, 0.717) is 12.0 Å². The van der Waals surface area contributed by atoms with Gasteiger partial charge in [-0.05, 0) is 38.4 Å². The molecule has 1 amide bonds. The van der Waals surface area contributed by atoms with Gasteiger partial charge in [-0.15, -0.1) is 0 Å². The second kappa shape index (κ2) is 4.97. The van der Waals surface area contributed by atoms with Crippen molar-refractivity contribution in [3.8, 4) is 0 Å². The first-order valence-electron chi connectivity index (χ1n) is 6.98. The number of para-hydroxylation sites is 1. The summed E-state index contributed by atoms with van der Waals surface area (Å²) in [7, 11) is 1.96. The van der Waals surface area contributed by atoms with Gasteiger partial charge in [0, 0.05) is 18.3 Å². The van der Waals surface area contributed by atoms with Crippen LogP contribution in [0, 0.1) is 5.92 Å². The van der Waals surface area contributed by atoms with Crippen molar-refractivity contribution >= 4 is 11.6 Å². The highest BCUT2D eigenvalue weighted by Gasteiger charge is 2.44. The van der Waals surface area contributed by atoms with Crippen LogP contribution in [0.25, 0.3) is 0 Å². The number of hydrogen-bond acceptors (Lipinski definition) is 2. The summed E-state index contributed by atoms with van der Waals surface area (Å²) in [5.74, 6) is 0.697. The molecule has 0 aliphatic carbocycles. The highest BCUT2D eigenvalue weighted by molar-refractivity contribution is 6.07. The fourth-order valence-electron chi connectivity index (χ4n) is 2.81. The molecule has 0 aromatic heterocycles. The van der Waals surface area contributed by atoms with E-state index in [4.69, 9.17) is 0 Å². The molecule has 1 unspecified atom stereocenters. The van der Waals surface area contributed by atoms with Gasteiger partial charge in [-0.1, -0.05) is 32.0 Å². The van der Waals surface area contributed by atoms with Crippen LogP contribution in [0.2, 0.25) is 0 Å². The van der Waals surface area contributed by atoms with Gasteiger partial charge in [-0.2, -0.15) is 0 Å². The Hall–Kier alpha value is -1.35. The number of benzene rings is 1. The molecule has 0 saturated carbocycles. The third-order valence-corrected chi connectivity index (χ3v) is 4.20. The van der Waals surface area contributed by atoms with Crippen molar-refractivity contribution in [2.45, 2.75) is 39.2 Å². The van der Waals surface area contributed by atoms with E-state index < -0.39 is 5.41 Å². The molecule has 2 rings (SSSR count). The Morgan fingerprint density at radius 1 is 1.26 bits per heavy atom. The molecule has 3 nitrogen and oxygen atoms in total. The zero-order chi connectivity index (χ0) is 14.2. The quantitative estimate of drug-likeness (QED) is 0.902. The van der Waals surface area contributed by atoms with Gasteiger partial charge in [0.25, 0.3) is 0 Å². The van der Waals surface area contributed by atoms with Crippen LogP contribution in [0.3, 0.4) is 0 Å². The molecule has 1 N–H and O–H groups in total. The number of carbonyl (C=O) groups is 1. The molecular weight excluding hydrogens is 236 g/mol. The van der Waals surface area contributed by atoms with Gasteiger partial charge < -0.3 is 10.2 Å². The first-order chi connectivity index (χ1) is 8.89. The molecule has 3 heteroatoms. The van der Waals surface area contributed by atoms with Crippen LogP contribution >= 0.6 is 0 Å². The van der Waals surface area contributed by atoms with Crippen LogP contribution < -0.4 is 10.2 Å². The number of amides is 1. The van der Waals surface area contributed by atoms with Crippen LogP contribution in [0.1, 0.15) is 33.3 Å². The Morgan fingerprint density at radius 3 is 2.47 bits per heavy atom. The number of hydrogen-bond donors (Lipinski definition) is 1. The van der Waals surface area contributed by atoms with Gasteiger partial charge in [0.1, 0.15) is 0 Å². The summed E-state index contributed by atoms with van der Waals surface area (Å²) in [6, 6.07) is 8.44. The van der Waals surface area contributed by atoms with Crippen molar-refractivity contribution < 1.29 is 4.79 Å². The second-order valence-corrected chi connectivity index (χ2v) is 6.20. The van der Waals surface area contributed by atoms with Crippen LogP contribution in [0.15, 0.2) is 24.3 Å². The van der Waals surface area contributed by atoms with E-state index in [1.165, 1.54) is 0 Å². The Balaban J connectivity index is 2.35. The molecule has 1 aromatic rings. The standard InChI is InChI=1S/C16H24N2O/c1-11(2)13(17-5)10-18-14-9-7-6-8-12(14)16(3,4)15(18)19/h6-9,11,13,17H,10H2,1-5H3. The normalized spacial score (nSPS) is 18.8. The number of fused-ring (bicyclic) bond motifs is 1. The lowest BCUT2D eigenvalue weighted by molar-refractivity contribution is -0.122. The van der Waals surface area contributed by atoms with E-state index in [1.54, 1.807) is 0 Å². The van der Waals surface area contributed by atoms with Crippen LogP contribution in [0.4, 0.5) is 5.69 Å². The van der Waals surface area contributed by atoms with E-state index in [1.807, 2.05) is 37.9 Å². The van der Waals surface area contributed by atoms with Gasteiger partial charge >= 0.3 is 0 Å². The summed E-state index contributed by atoms with van der Waals surface area (Å²) in [5.41, 5.74) is 1.79. The fourth-order valence-corrected chi connectivity index (χ4v) is 2.81. The highest BCUT2D eigenvalue weighted by atomic mass is 16.2. The third-order valence-electron chi connectivity index (χ3n) is 4.20. The predicted molar refractivity (Wildman–Crippen MR) is 79.5 cm³/mol. The fraction of sp³-hybridized carbons (Fsp3) is 0.562. The minimum atomic E-state index is -0.411. The minimum Gasteiger partial charge on any atom is -0.315 e. The van der Waals surface area contributed by atoms with Crippen molar-refractivity contribution in [2.75, 3.05) is 18.5 Å². The maximum atomic E-state index is 12.7. The summed E-state index contributed by atoms with van der Waals surface area (Å²) in [4.78, 5) is 14.6. The molecule has 1 aliphatic heterocycles. The van der Waals surface area contributed by atoms with Gasteiger partial charge in [0.2, 0.25) is 5.91 Å². The Labute approximate surface area is 116 Å². The predicted octanol–water partition coefficient (Wildman–Crippen LogP) is 2.55. The zero-order valence-electron chi connectivity index (χ0n) is 12.5. The summed E-state index contributed by atoms with van der Waals surface area (Å²) in [6.07, 6.45) is 0. The molecule has 19 heavy (non-hydrogen) atoms.